The molecule has 176 valence electrons. The number of hydrogen-bond donors (Lipinski definition) is 9. The lowest BCUT2D eigenvalue weighted by atomic mass is 10.1. The summed E-state index contributed by atoms with van der Waals surface area (Å²) in [5.41, 5.74) is 21.0. The Morgan fingerprint density at radius 3 is 2.10 bits per heavy atom. The summed E-state index contributed by atoms with van der Waals surface area (Å²) >= 11 is 0. The molecule has 4 amide bonds. The van der Waals surface area contributed by atoms with Crippen molar-refractivity contribution in [3.63, 3.8) is 0 Å². The molecule has 4 atom stereocenters. The van der Waals surface area contributed by atoms with Gasteiger partial charge in [0.2, 0.25) is 23.6 Å². The number of rotatable bonds is 14. The standard InChI is InChI=1S/C16H30N8O7/c1-7(25)12(15(31)22-6-11(27)28)24-14(30)9(3-2-4-21-16(19)20)23-13(29)8(17)5-10(18)26/h7-9,12,25H,2-6,17H2,1H3,(H2,18,26)(H,22,31)(H,23,29)(H,24,30)(H,27,28)(H4,19,20,21). The third-order valence-corrected chi connectivity index (χ3v) is 3.81. The van der Waals surface area contributed by atoms with E-state index in [2.05, 4.69) is 15.6 Å². The zero-order valence-electron chi connectivity index (χ0n) is 17.0. The molecule has 0 aromatic carbocycles. The number of hydrogen-bond acceptors (Lipinski definition) is 8. The van der Waals surface area contributed by atoms with Gasteiger partial charge in [0.1, 0.15) is 18.6 Å². The van der Waals surface area contributed by atoms with Crippen LogP contribution in [0.2, 0.25) is 0 Å². The van der Waals surface area contributed by atoms with E-state index in [0.717, 1.165) is 0 Å². The van der Waals surface area contributed by atoms with Crippen LogP contribution in [-0.4, -0.2) is 83.1 Å². The number of aliphatic imine (C=N–C) groups is 1. The molecule has 0 aliphatic carbocycles. The SMILES string of the molecule is CC(O)C(NC(=O)C(CCCN=C(N)N)NC(=O)C(N)CC(N)=O)C(=O)NCC(=O)O. The molecule has 0 aliphatic heterocycles. The third kappa shape index (κ3) is 12.0. The number of carboxylic acid groups (broad SMARTS) is 1. The van der Waals surface area contributed by atoms with Crippen molar-refractivity contribution in [2.75, 3.05) is 13.1 Å². The number of nitrogens with zero attached hydrogens (tertiary/aromatic N) is 1. The number of carboxylic acids is 1. The lowest BCUT2D eigenvalue weighted by molar-refractivity contribution is -0.139. The molecule has 0 aromatic rings. The molecule has 0 aromatic heterocycles. The molecule has 0 fully saturated rings. The monoisotopic (exact) mass is 446 g/mol. The third-order valence-electron chi connectivity index (χ3n) is 3.81. The second kappa shape index (κ2) is 13.7. The highest BCUT2D eigenvalue weighted by molar-refractivity contribution is 5.94. The Labute approximate surface area is 178 Å². The van der Waals surface area contributed by atoms with Crippen LogP contribution in [-0.2, 0) is 24.0 Å². The number of carbonyl (C=O) groups excluding carboxylic acids is 4. The first-order chi connectivity index (χ1) is 14.3. The molecule has 0 bridgehead atoms. The number of primary amides is 1. The van der Waals surface area contributed by atoms with E-state index in [9.17, 15) is 29.1 Å². The first kappa shape index (κ1) is 27.5. The topological polar surface area (TPSA) is 278 Å². The Balaban J connectivity index is 5.31. The molecule has 0 spiro atoms. The summed E-state index contributed by atoms with van der Waals surface area (Å²) in [6.45, 7) is 0.618. The number of amides is 4. The fourth-order valence-electron chi connectivity index (χ4n) is 2.29. The fourth-order valence-corrected chi connectivity index (χ4v) is 2.29. The molecule has 0 heterocycles. The smallest absolute Gasteiger partial charge is 0.322 e. The number of guanidine groups is 1. The maximum Gasteiger partial charge on any atom is 0.322 e. The van der Waals surface area contributed by atoms with Gasteiger partial charge in [-0.15, -0.1) is 0 Å². The molecule has 15 heteroatoms. The molecule has 4 unspecified atom stereocenters. The van der Waals surface area contributed by atoms with E-state index in [0.29, 0.717) is 0 Å². The summed E-state index contributed by atoms with van der Waals surface area (Å²) in [6.07, 6.45) is -1.58. The number of carbonyl (C=O) groups is 5. The van der Waals surface area contributed by atoms with Gasteiger partial charge in [0.25, 0.3) is 0 Å². The Bertz CT molecular complexity index is 693. The minimum atomic E-state index is -1.50. The van der Waals surface area contributed by atoms with Crippen LogP contribution >= 0.6 is 0 Å². The molecular formula is C16H30N8O7. The zero-order chi connectivity index (χ0) is 24.1. The Morgan fingerprint density at radius 2 is 1.61 bits per heavy atom. The number of nitrogens with one attached hydrogen (secondary N) is 3. The summed E-state index contributed by atoms with van der Waals surface area (Å²) in [7, 11) is 0. The van der Waals surface area contributed by atoms with Gasteiger partial charge in [-0.05, 0) is 19.8 Å². The van der Waals surface area contributed by atoms with Crippen LogP contribution in [0, 0.1) is 0 Å². The van der Waals surface area contributed by atoms with E-state index < -0.39 is 66.8 Å². The lowest BCUT2D eigenvalue weighted by Crippen LogP contribution is -2.58. The van der Waals surface area contributed by atoms with Gasteiger partial charge in [-0.3, -0.25) is 29.0 Å². The summed E-state index contributed by atoms with van der Waals surface area (Å²) in [5.74, 6) is -4.96. The number of aliphatic hydroxyl groups is 1. The van der Waals surface area contributed by atoms with Gasteiger partial charge in [-0.2, -0.15) is 0 Å². The average Bonchev–Trinajstić information content (AvgIpc) is 2.64. The van der Waals surface area contributed by atoms with Crippen molar-refractivity contribution in [1.29, 1.82) is 0 Å². The van der Waals surface area contributed by atoms with E-state index in [1.807, 2.05) is 5.32 Å². The van der Waals surface area contributed by atoms with Crippen molar-refractivity contribution in [3.05, 3.63) is 0 Å². The zero-order valence-corrected chi connectivity index (χ0v) is 17.0. The highest BCUT2D eigenvalue weighted by atomic mass is 16.4. The molecule has 0 rings (SSSR count). The average molecular weight is 446 g/mol. The Kier molecular flexibility index (Phi) is 12.2. The maximum atomic E-state index is 12.7. The van der Waals surface area contributed by atoms with E-state index in [-0.39, 0.29) is 25.3 Å². The minimum absolute atomic E-state index is 0.0148. The molecule has 0 saturated heterocycles. The maximum absolute atomic E-state index is 12.7. The highest BCUT2D eigenvalue weighted by Crippen LogP contribution is 2.03. The van der Waals surface area contributed by atoms with Crippen molar-refractivity contribution in [2.24, 2.45) is 27.9 Å². The van der Waals surface area contributed by atoms with E-state index in [1.54, 1.807) is 0 Å². The van der Waals surface area contributed by atoms with Gasteiger partial charge in [0, 0.05) is 6.54 Å². The van der Waals surface area contributed by atoms with Crippen LogP contribution in [0.3, 0.4) is 0 Å². The van der Waals surface area contributed by atoms with E-state index in [1.165, 1.54) is 6.92 Å². The van der Waals surface area contributed by atoms with Gasteiger partial charge in [-0.25, -0.2) is 0 Å². The van der Waals surface area contributed by atoms with Crippen LogP contribution in [0.1, 0.15) is 26.2 Å². The van der Waals surface area contributed by atoms with Crippen molar-refractivity contribution in [2.45, 2.75) is 50.4 Å². The van der Waals surface area contributed by atoms with Gasteiger partial charge in [0.15, 0.2) is 5.96 Å². The van der Waals surface area contributed by atoms with Gasteiger partial charge >= 0.3 is 5.97 Å². The first-order valence-corrected chi connectivity index (χ1v) is 9.22. The second-order valence-electron chi connectivity index (χ2n) is 6.63. The van der Waals surface area contributed by atoms with Crippen molar-refractivity contribution >= 4 is 35.6 Å². The summed E-state index contributed by atoms with van der Waals surface area (Å²) in [4.78, 5) is 62.2. The van der Waals surface area contributed by atoms with Crippen LogP contribution in [0.4, 0.5) is 0 Å². The summed E-state index contributed by atoms with van der Waals surface area (Å²) in [5, 5.41) is 25.1. The second-order valence-corrected chi connectivity index (χ2v) is 6.63. The first-order valence-electron chi connectivity index (χ1n) is 9.22. The minimum Gasteiger partial charge on any atom is -0.480 e. The van der Waals surface area contributed by atoms with Crippen LogP contribution in [0.5, 0.6) is 0 Å². The molecule has 0 saturated carbocycles. The molecule has 31 heavy (non-hydrogen) atoms. The quantitative estimate of drug-likeness (QED) is 0.0694. The summed E-state index contributed by atoms with van der Waals surface area (Å²) < 4.78 is 0. The normalized spacial score (nSPS) is 14.3. The largest absolute Gasteiger partial charge is 0.480 e. The van der Waals surface area contributed by atoms with Crippen molar-refractivity contribution in [3.8, 4) is 0 Å². The number of nitrogens with two attached hydrogens (primary N) is 4. The van der Waals surface area contributed by atoms with Crippen LogP contribution in [0.15, 0.2) is 4.99 Å². The molecular weight excluding hydrogens is 416 g/mol. The number of aliphatic hydroxyl groups excluding tert-OH is 1. The van der Waals surface area contributed by atoms with E-state index in [4.69, 9.17) is 28.0 Å². The highest BCUT2D eigenvalue weighted by Gasteiger charge is 2.30. The Hall–Kier alpha value is -3.46. The van der Waals surface area contributed by atoms with Gasteiger partial charge < -0.3 is 49.1 Å². The van der Waals surface area contributed by atoms with Crippen molar-refractivity contribution in [1.82, 2.24) is 16.0 Å². The van der Waals surface area contributed by atoms with Gasteiger partial charge in [0.05, 0.1) is 18.6 Å². The fraction of sp³-hybridized carbons (Fsp3) is 0.625. The predicted molar refractivity (Wildman–Crippen MR) is 108 cm³/mol. The number of aliphatic carboxylic acids is 1. The molecule has 15 nitrogen and oxygen atoms in total. The molecule has 0 radical (unpaired) electrons. The van der Waals surface area contributed by atoms with Crippen molar-refractivity contribution < 1.29 is 34.2 Å². The molecule has 13 N–H and O–H groups in total. The van der Waals surface area contributed by atoms with Gasteiger partial charge in [-0.1, -0.05) is 0 Å². The lowest BCUT2D eigenvalue weighted by Gasteiger charge is -2.25. The van der Waals surface area contributed by atoms with Crippen LogP contribution in [0.25, 0.3) is 0 Å². The van der Waals surface area contributed by atoms with Crippen LogP contribution < -0.4 is 38.9 Å². The molecule has 0 aliphatic rings. The van der Waals surface area contributed by atoms with E-state index >= 15 is 0 Å². The Morgan fingerprint density at radius 1 is 1.00 bits per heavy atom. The predicted octanol–water partition coefficient (Wildman–Crippen LogP) is -5.21. The summed E-state index contributed by atoms with van der Waals surface area (Å²) in [6, 6.07) is -4.03.